The standard InChI is InChI=1S/C15H30N2O/c1-17(11-13-6-3-2-4-7-13)14-8-5-9-15(16,10-14)12-18/h13-14,18H,2-12,16H2,1H3. The molecular weight excluding hydrogens is 224 g/mol. The number of aliphatic hydroxyl groups is 1. The van der Waals surface area contributed by atoms with Gasteiger partial charge >= 0.3 is 0 Å². The van der Waals surface area contributed by atoms with Crippen molar-refractivity contribution < 1.29 is 5.11 Å². The number of aliphatic hydroxyl groups excluding tert-OH is 1. The second-order valence-corrected chi connectivity index (χ2v) is 6.71. The highest BCUT2D eigenvalue weighted by molar-refractivity contribution is 4.93. The smallest absolute Gasteiger partial charge is 0.0611 e. The fourth-order valence-electron chi connectivity index (χ4n) is 3.81. The Kier molecular flexibility index (Phi) is 5.05. The third-order valence-electron chi connectivity index (χ3n) is 5.06. The molecule has 0 aliphatic heterocycles. The lowest BCUT2D eigenvalue weighted by Crippen LogP contribution is -2.53. The Morgan fingerprint density at radius 3 is 2.56 bits per heavy atom. The summed E-state index contributed by atoms with van der Waals surface area (Å²) >= 11 is 0. The molecule has 0 aromatic heterocycles. The zero-order chi connectivity index (χ0) is 13.0. The highest BCUT2D eigenvalue weighted by Gasteiger charge is 2.34. The van der Waals surface area contributed by atoms with E-state index in [0.29, 0.717) is 6.04 Å². The first-order valence-corrected chi connectivity index (χ1v) is 7.73. The van der Waals surface area contributed by atoms with E-state index in [0.717, 1.165) is 25.2 Å². The predicted octanol–water partition coefficient (Wildman–Crippen LogP) is 2.13. The van der Waals surface area contributed by atoms with Crippen molar-refractivity contribution in [3.05, 3.63) is 0 Å². The quantitative estimate of drug-likeness (QED) is 0.808. The Hall–Kier alpha value is -0.120. The van der Waals surface area contributed by atoms with Gasteiger partial charge in [-0.2, -0.15) is 0 Å². The molecule has 0 aromatic rings. The molecule has 2 aliphatic carbocycles. The highest BCUT2D eigenvalue weighted by Crippen LogP contribution is 2.31. The first-order chi connectivity index (χ1) is 8.63. The summed E-state index contributed by atoms with van der Waals surface area (Å²) in [4.78, 5) is 2.52. The SMILES string of the molecule is CN(CC1CCCCC1)C1CCCC(N)(CO)C1. The van der Waals surface area contributed by atoms with Crippen LogP contribution >= 0.6 is 0 Å². The molecule has 0 spiro atoms. The van der Waals surface area contributed by atoms with Crippen molar-refractivity contribution in [1.29, 1.82) is 0 Å². The third kappa shape index (κ3) is 3.69. The van der Waals surface area contributed by atoms with E-state index in [-0.39, 0.29) is 12.1 Å². The van der Waals surface area contributed by atoms with Gasteiger partial charge in [-0.3, -0.25) is 0 Å². The lowest BCUT2D eigenvalue weighted by atomic mass is 9.79. The Bertz CT molecular complexity index is 253. The fraction of sp³-hybridized carbons (Fsp3) is 1.00. The molecule has 0 aromatic carbocycles. The van der Waals surface area contributed by atoms with Crippen LogP contribution in [0.4, 0.5) is 0 Å². The zero-order valence-corrected chi connectivity index (χ0v) is 11.9. The second-order valence-electron chi connectivity index (χ2n) is 6.71. The summed E-state index contributed by atoms with van der Waals surface area (Å²) in [6.45, 7) is 1.37. The van der Waals surface area contributed by atoms with Crippen LogP contribution in [-0.2, 0) is 0 Å². The molecular formula is C15H30N2O. The molecule has 2 aliphatic rings. The van der Waals surface area contributed by atoms with Gasteiger partial charge in [0.2, 0.25) is 0 Å². The van der Waals surface area contributed by atoms with Crippen molar-refractivity contribution in [3.63, 3.8) is 0 Å². The molecule has 0 bridgehead atoms. The summed E-state index contributed by atoms with van der Waals surface area (Å²) < 4.78 is 0. The Balaban J connectivity index is 1.82. The molecule has 3 nitrogen and oxygen atoms in total. The highest BCUT2D eigenvalue weighted by atomic mass is 16.3. The van der Waals surface area contributed by atoms with E-state index >= 15 is 0 Å². The summed E-state index contributed by atoms with van der Waals surface area (Å²) in [7, 11) is 2.25. The van der Waals surface area contributed by atoms with Crippen LogP contribution in [0.1, 0.15) is 57.8 Å². The maximum absolute atomic E-state index is 9.43. The van der Waals surface area contributed by atoms with E-state index in [1.54, 1.807) is 0 Å². The van der Waals surface area contributed by atoms with Gasteiger partial charge in [0.1, 0.15) is 0 Å². The van der Waals surface area contributed by atoms with Crippen molar-refractivity contribution >= 4 is 0 Å². The molecule has 0 radical (unpaired) electrons. The fourth-order valence-corrected chi connectivity index (χ4v) is 3.81. The van der Waals surface area contributed by atoms with Crippen LogP contribution in [0, 0.1) is 5.92 Å². The van der Waals surface area contributed by atoms with Crippen molar-refractivity contribution in [2.75, 3.05) is 20.2 Å². The second kappa shape index (κ2) is 6.36. The van der Waals surface area contributed by atoms with Crippen LogP contribution in [0.2, 0.25) is 0 Å². The Morgan fingerprint density at radius 1 is 1.17 bits per heavy atom. The van der Waals surface area contributed by atoms with Gasteiger partial charge in [-0.15, -0.1) is 0 Å². The van der Waals surface area contributed by atoms with Crippen LogP contribution in [-0.4, -0.2) is 41.8 Å². The van der Waals surface area contributed by atoms with E-state index in [1.165, 1.54) is 45.1 Å². The molecule has 3 heteroatoms. The van der Waals surface area contributed by atoms with Crippen LogP contribution in [0.25, 0.3) is 0 Å². The molecule has 18 heavy (non-hydrogen) atoms. The first kappa shape index (κ1) is 14.3. The van der Waals surface area contributed by atoms with Crippen molar-refractivity contribution in [3.8, 4) is 0 Å². The summed E-state index contributed by atoms with van der Waals surface area (Å²) in [6.07, 6.45) is 11.4. The van der Waals surface area contributed by atoms with Crippen LogP contribution in [0.3, 0.4) is 0 Å². The zero-order valence-electron chi connectivity index (χ0n) is 11.9. The average Bonchev–Trinajstić information content (AvgIpc) is 2.40. The van der Waals surface area contributed by atoms with Crippen LogP contribution in [0.5, 0.6) is 0 Å². The summed E-state index contributed by atoms with van der Waals surface area (Å²) in [5.74, 6) is 0.895. The van der Waals surface area contributed by atoms with Gasteiger partial charge in [0.25, 0.3) is 0 Å². The van der Waals surface area contributed by atoms with Gasteiger partial charge < -0.3 is 15.7 Å². The lowest BCUT2D eigenvalue weighted by molar-refractivity contribution is 0.0824. The van der Waals surface area contributed by atoms with Crippen molar-refractivity contribution in [1.82, 2.24) is 4.90 Å². The van der Waals surface area contributed by atoms with Gasteiger partial charge in [0, 0.05) is 18.1 Å². The maximum Gasteiger partial charge on any atom is 0.0611 e. The molecule has 2 fully saturated rings. The Labute approximate surface area is 112 Å². The molecule has 2 atom stereocenters. The van der Waals surface area contributed by atoms with Gasteiger partial charge in [0.15, 0.2) is 0 Å². The number of rotatable bonds is 4. The summed E-state index contributed by atoms with van der Waals surface area (Å²) in [5, 5.41) is 9.43. The van der Waals surface area contributed by atoms with Gasteiger partial charge in [0.05, 0.1) is 6.61 Å². The number of nitrogens with zero attached hydrogens (tertiary/aromatic N) is 1. The largest absolute Gasteiger partial charge is 0.394 e. The minimum atomic E-state index is -0.316. The number of hydrogen-bond acceptors (Lipinski definition) is 3. The van der Waals surface area contributed by atoms with E-state index in [1.807, 2.05) is 0 Å². The molecule has 2 unspecified atom stereocenters. The molecule has 0 heterocycles. The number of nitrogens with two attached hydrogens (primary N) is 1. The molecule has 2 saturated carbocycles. The summed E-state index contributed by atoms with van der Waals surface area (Å²) in [6, 6.07) is 0.581. The van der Waals surface area contributed by atoms with E-state index < -0.39 is 0 Å². The summed E-state index contributed by atoms with van der Waals surface area (Å²) in [5.41, 5.74) is 5.93. The van der Waals surface area contributed by atoms with E-state index in [4.69, 9.17) is 5.73 Å². The maximum atomic E-state index is 9.43. The minimum absolute atomic E-state index is 0.140. The molecule has 0 saturated heterocycles. The molecule has 2 rings (SSSR count). The molecule has 0 amide bonds. The third-order valence-corrected chi connectivity index (χ3v) is 5.06. The van der Waals surface area contributed by atoms with Gasteiger partial charge in [-0.25, -0.2) is 0 Å². The molecule has 3 N–H and O–H groups in total. The Morgan fingerprint density at radius 2 is 1.89 bits per heavy atom. The van der Waals surface area contributed by atoms with Crippen molar-refractivity contribution in [2.24, 2.45) is 11.7 Å². The monoisotopic (exact) mass is 254 g/mol. The molecule has 106 valence electrons. The average molecular weight is 254 g/mol. The first-order valence-electron chi connectivity index (χ1n) is 7.73. The lowest BCUT2D eigenvalue weighted by Gasteiger charge is -2.42. The van der Waals surface area contributed by atoms with E-state index in [2.05, 4.69) is 11.9 Å². The van der Waals surface area contributed by atoms with Crippen molar-refractivity contribution in [2.45, 2.75) is 69.4 Å². The topological polar surface area (TPSA) is 49.5 Å². The number of hydrogen-bond donors (Lipinski definition) is 2. The normalized spacial score (nSPS) is 35.0. The predicted molar refractivity (Wildman–Crippen MR) is 75.5 cm³/mol. The van der Waals surface area contributed by atoms with E-state index in [9.17, 15) is 5.11 Å². The van der Waals surface area contributed by atoms with Crippen LogP contribution < -0.4 is 5.73 Å². The minimum Gasteiger partial charge on any atom is -0.394 e. The van der Waals surface area contributed by atoms with Crippen LogP contribution in [0.15, 0.2) is 0 Å². The van der Waals surface area contributed by atoms with Gasteiger partial charge in [-0.1, -0.05) is 19.3 Å². The van der Waals surface area contributed by atoms with Gasteiger partial charge in [-0.05, 0) is 51.5 Å².